The van der Waals surface area contributed by atoms with Gasteiger partial charge in [0.2, 0.25) is 0 Å². The summed E-state index contributed by atoms with van der Waals surface area (Å²) in [5, 5.41) is 18.2. The molecule has 0 spiro atoms. The third-order valence-corrected chi connectivity index (χ3v) is 3.22. The van der Waals surface area contributed by atoms with E-state index in [0.717, 1.165) is 24.2 Å². The first-order chi connectivity index (χ1) is 10.3. The van der Waals surface area contributed by atoms with Crippen molar-refractivity contribution in [2.45, 2.75) is 18.8 Å². The summed E-state index contributed by atoms with van der Waals surface area (Å²) in [7, 11) is 0. The van der Waals surface area contributed by atoms with Crippen molar-refractivity contribution in [2.75, 3.05) is 6.61 Å². The van der Waals surface area contributed by atoms with E-state index in [1.165, 1.54) is 0 Å². The average Bonchev–Trinajstić information content (AvgIpc) is 2.56. The Labute approximate surface area is 125 Å². The molecule has 0 fully saturated rings. The van der Waals surface area contributed by atoms with E-state index in [1.54, 1.807) is 12.1 Å². The SMILES string of the molecule is N#Cc1cccc(C(C#N)CCCOc2ccccc2)c1. The third-order valence-electron chi connectivity index (χ3n) is 3.22. The fraction of sp³-hybridized carbons (Fsp3) is 0.222. The van der Waals surface area contributed by atoms with Crippen LogP contribution in [0.1, 0.15) is 29.9 Å². The minimum absolute atomic E-state index is 0.197. The highest BCUT2D eigenvalue weighted by Gasteiger charge is 2.11. The van der Waals surface area contributed by atoms with Gasteiger partial charge in [-0.1, -0.05) is 30.3 Å². The lowest BCUT2D eigenvalue weighted by molar-refractivity contribution is 0.305. The molecule has 0 radical (unpaired) electrons. The second kappa shape index (κ2) is 7.72. The number of hydrogen-bond donors (Lipinski definition) is 0. The molecule has 1 atom stereocenters. The van der Waals surface area contributed by atoms with Gasteiger partial charge in [-0.15, -0.1) is 0 Å². The Kier molecular flexibility index (Phi) is 5.38. The minimum Gasteiger partial charge on any atom is -0.494 e. The van der Waals surface area contributed by atoms with E-state index in [4.69, 9.17) is 10.00 Å². The van der Waals surface area contributed by atoms with Gasteiger partial charge in [0.1, 0.15) is 5.75 Å². The first-order valence-electron chi connectivity index (χ1n) is 6.91. The summed E-state index contributed by atoms with van der Waals surface area (Å²) < 4.78 is 5.62. The lowest BCUT2D eigenvalue weighted by Gasteiger charge is -2.10. The first kappa shape index (κ1) is 14.6. The van der Waals surface area contributed by atoms with Gasteiger partial charge >= 0.3 is 0 Å². The average molecular weight is 276 g/mol. The molecule has 3 heteroatoms. The highest BCUT2D eigenvalue weighted by molar-refractivity contribution is 5.36. The van der Waals surface area contributed by atoms with Gasteiger partial charge in [0.05, 0.1) is 30.2 Å². The highest BCUT2D eigenvalue weighted by Crippen LogP contribution is 2.21. The van der Waals surface area contributed by atoms with Crippen LogP contribution in [0.3, 0.4) is 0 Å². The molecule has 1 unspecified atom stereocenters. The van der Waals surface area contributed by atoms with Crippen molar-refractivity contribution in [3.63, 3.8) is 0 Å². The molecule has 0 aliphatic rings. The van der Waals surface area contributed by atoms with E-state index < -0.39 is 0 Å². The normalized spacial score (nSPS) is 11.1. The van der Waals surface area contributed by atoms with Crippen LogP contribution in [0, 0.1) is 22.7 Å². The molecule has 0 heterocycles. The van der Waals surface area contributed by atoms with Crippen LogP contribution in [-0.2, 0) is 0 Å². The summed E-state index contributed by atoms with van der Waals surface area (Å²) in [5.41, 5.74) is 1.49. The summed E-state index contributed by atoms with van der Waals surface area (Å²) >= 11 is 0. The molecule has 2 aromatic carbocycles. The van der Waals surface area contributed by atoms with Gasteiger partial charge in [0.25, 0.3) is 0 Å². The molecule has 0 N–H and O–H groups in total. The maximum Gasteiger partial charge on any atom is 0.119 e. The molecule has 104 valence electrons. The van der Waals surface area contributed by atoms with E-state index in [2.05, 4.69) is 12.1 Å². The predicted molar refractivity (Wildman–Crippen MR) is 80.7 cm³/mol. The van der Waals surface area contributed by atoms with Gasteiger partial charge in [0.15, 0.2) is 0 Å². The van der Waals surface area contributed by atoms with Crippen LogP contribution in [0.15, 0.2) is 54.6 Å². The zero-order valence-corrected chi connectivity index (χ0v) is 11.7. The standard InChI is InChI=1S/C18H16N2O/c19-13-15-6-4-7-16(12-15)17(14-20)8-5-11-21-18-9-2-1-3-10-18/h1-4,6-7,9-10,12,17H,5,8,11H2. The minimum atomic E-state index is -0.197. The Morgan fingerprint density at radius 1 is 1.00 bits per heavy atom. The smallest absolute Gasteiger partial charge is 0.119 e. The van der Waals surface area contributed by atoms with Crippen LogP contribution in [0.5, 0.6) is 5.75 Å². The molecule has 0 amide bonds. The van der Waals surface area contributed by atoms with Crippen LogP contribution >= 0.6 is 0 Å². The molecule has 0 saturated heterocycles. The van der Waals surface area contributed by atoms with Crippen molar-refractivity contribution < 1.29 is 4.74 Å². The maximum absolute atomic E-state index is 9.29. The van der Waals surface area contributed by atoms with Gasteiger partial charge < -0.3 is 4.74 Å². The zero-order chi connectivity index (χ0) is 14.9. The fourth-order valence-electron chi connectivity index (χ4n) is 2.12. The van der Waals surface area contributed by atoms with Crippen molar-refractivity contribution >= 4 is 0 Å². The Morgan fingerprint density at radius 3 is 2.52 bits per heavy atom. The van der Waals surface area contributed by atoms with E-state index >= 15 is 0 Å². The zero-order valence-electron chi connectivity index (χ0n) is 11.7. The topological polar surface area (TPSA) is 56.8 Å². The monoisotopic (exact) mass is 276 g/mol. The number of rotatable bonds is 6. The Morgan fingerprint density at radius 2 is 1.81 bits per heavy atom. The molecular weight excluding hydrogens is 260 g/mol. The van der Waals surface area contributed by atoms with Crippen LogP contribution < -0.4 is 4.74 Å². The van der Waals surface area contributed by atoms with Crippen LogP contribution in [0.2, 0.25) is 0 Å². The lowest BCUT2D eigenvalue weighted by Crippen LogP contribution is -2.02. The van der Waals surface area contributed by atoms with Crippen LogP contribution in [0.25, 0.3) is 0 Å². The molecule has 0 saturated carbocycles. The van der Waals surface area contributed by atoms with Crippen LogP contribution in [-0.4, -0.2) is 6.61 Å². The number of para-hydroxylation sites is 1. The van der Waals surface area contributed by atoms with Crippen molar-refractivity contribution in [2.24, 2.45) is 0 Å². The summed E-state index contributed by atoms with van der Waals surface area (Å²) in [6.07, 6.45) is 1.52. The molecular formula is C18H16N2O. The number of nitrogens with zero attached hydrogens (tertiary/aromatic N) is 2. The van der Waals surface area contributed by atoms with Crippen molar-refractivity contribution in [1.82, 2.24) is 0 Å². The van der Waals surface area contributed by atoms with Crippen LogP contribution in [0.4, 0.5) is 0 Å². The van der Waals surface area contributed by atoms with Crippen molar-refractivity contribution in [3.05, 3.63) is 65.7 Å². The molecule has 3 nitrogen and oxygen atoms in total. The first-order valence-corrected chi connectivity index (χ1v) is 6.91. The summed E-state index contributed by atoms with van der Waals surface area (Å²) in [4.78, 5) is 0. The van der Waals surface area contributed by atoms with Gasteiger partial charge in [0, 0.05) is 0 Å². The van der Waals surface area contributed by atoms with Crippen molar-refractivity contribution in [3.8, 4) is 17.9 Å². The second-order valence-electron chi connectivity index (χ2n) is 4.72. The number of benzene rings is 2. The summed E-state index contributed by atoms with van der Waals surface area (Å²) in [6.45, 7) is 0.583. The van der Waals surface area contributed by atoms with Gasteiger partial charge in [-0.25, -0.2) is 0 Å². The maximum atomic E-state index is 9.29. The summed E-state index contributed by atoms with van der Waals surface area (Å²) in [6, 6.07) is 21.3. The van der Waals surface area contributed by atoms with E-state index in [1.807, 2.05) is 42.5 Å². The molecule has 0 aromatic heterocycles. The third kappa shape index (κ3) is 4.37. The number of nitriles is 2. The molecule has 21 heavy (non-hydrogen) atoms. The van der Waals surface area contributed by atoms with Gasteiger partial charge in [-0.2, -0.15) is 10.5 Å². The Bertz CT molecular complexity index is 653. The van der Waals surface area contributed by atoms with E-state index in [-0.39, 0.29) is 5.92 Å². The Hall–Kier alpha value is -2.78. The fourth-order valence-corrected chi connectivity index (χ4v) is 2.12. The highest BCUT2D eigenvalue weighted by atomic mass is 16.5. The molecule has 0 aliphatic carbocycles. The number of hydrogen-bond acceptors (Lipinski definition) is 3. The summed E-state index contributed by atoms with van der Waals surface area (Å²) in [5.74, 6) is 0.648. The largest absolute Gasteiger partial charge is 0.494 e. The van der Waals surface area contributed by atoms with E-state index in [9.17, 15) is 5.26 Å². The molecule has 2 rings (SSSR count). The Balaban J connectivity index is 1.86. The second-order valence-corrected chi connectivity index (χ2v) is 4.72. The molecule has 2 aromatic rings. The molecule has 0 bridgehead atoms. The van der Waals surface area contributed by atoms with Gasteiger partial charge in [-0.3, -0.25) is 0 Å². The molecule has 0 aliphatic heterocycles. The van der Waals surface area contributed by atoms with Crippen molar-refractivity contribution in [1.29, 1.82) is 10.5 Å². The lowest BCUT2D eigenvalue weighted by atomic mass is 9.94. The van der Waals surface area contributed by atoms with E-state index in [0.29, 0.717) is 12.2 Å². The van der Waals surface area contributed by atoms with Gasteiger partial charge in [-0.05, 0) is 42.7 Å². The predicted octanol–water partition coefficient (Wildman–Crippen LogP) is 4.02. The quantitative estimate of drug-likeness (QED) is 0.748. The number of ether oxygens (including phenoxy) is 1.